The van der Waals surface area contributed by atoms with Crippen LogP contribution in [0.15, 0.2) is 101 Å². The first-order chi connectivity index (χ1) is 15.6. The van der Waals surface area contributed by atoms with Gasteiger partial charge in [-0.1, -0.05) is 78.9 Å². The third-order valence-electron chi connectivity index (χ3n) is 5.03. The number of nitrogens with one attached hydrogen (secondary N) is 1. The molecular formula is C26H22N4O2. The summed E-state index contributed by atoms with van der Waals surface area (Å²) in [5.41, 5.74) is 4.61. The number of aromatic nitrogens is 2. The number of fused-ring (bicyclic) bond motifs is 1. The van der Waals surface area contributed by atoms with Gasteiger partial charge in [-0.2, -0.15) is 5.10 Å². The highest BCUT2D eigenvalue weighted by atomic mass is 16.2. The smallest absolute Gasteiger partial charge is 0.263 e. The summed E-state index contributed by atoms with van der Waals surface area (Å²) in [6.07, 6.45) is 5.11. The van der Waals surface area contributed by atoms with E-state index >= 15 is 0 Å². The summed E-state index contributed by atoms with van der Waals surface area (Å²) in [5.74, 6) is 0.0237. The summed E-state index contributed by atoms with van der Waals surface area (Å²) >= 11 is 0. The topological polar surface area (TPSA) is 76.3 Å². The third-order valence-corrected chi connectivity index (χ3v) is 5.03. The van der Waals surface area contributed by atoms with Gasteiger partial charge in [0.05, 0.1) is 10.9 Å². The maximum atomic E-state index is 13.3. The number of nitrogens with zero attached hydrogens (tertiary/aromatic N) is 3. The molecule has 4 aromatic rings. The average Bonchev–Trinajstić information content (AvgIpc) is 2.84. The molecule has 1 N–H and O–H groups in total. The van der Waals surface area contributed by atoms with Gasteiger partial charge in [-0.05, 0) is 30.7 Å². The van der Waals surface area contributed by atoms with Crippen molar-refractivity contribution in [1.29, 1.82) is 0 Å². The van der Waals surface area contributed by atoms with E-state index in [0.29, 0.717) is 16.7 Å². The highest BCUT2D eigenvalue weighted by Gasteiger charge is 2.22. The van der Waals surface area contributed by atoms with Crippen LogP contribution in [-0.2, 0) is 4.79 Å². The van der Waals surface area contributed by atoms with Crippen LogP contribution in [0.1, 0.15) is 18.5 Å². The standard InChI is InChI=1S/C26H22N4O2/c1-19(25(31)29-27-18-10-13-20-11-4-2-5-12-20)30-24(21-14-6-3-7-15-21)28-23-17-9-8-16-22(23)26(30)32/h2-19H,1H3,(H,29,31)/b13-10+,27-18+/t19-/m1/s1. The Kier molecular flexibility index (Phi) is 6.32. The Hall–Kier alpha value is -4.32. The van der Waals surface area contributed by atoms with Crippen molar-refractivity contribution < 1.29 is 4.79 Å². The zero-order chi connectivity index (χ0) is 22.3. The zero-order valence-corrected chi connectivity index (χ0v) is 17.6. The molecule has 0 saturated carbocycles. The molecule has 6 heteroatoms. The van der Waals surface area contributed by atoms with E-state index in [9.17, 15) is 9.59 Å². The van der Waals surface area contributed by atoms with Crippen molar-refractivity contribution in [3.05, 3.63) is 107 Å². The van der Waals surface area contributed by atoms with E-state index in [4.69, 9.17) is 0 Å². The van der Waals surface area contributed by atoms with Gasteiger partial charge in [0.1, 0.15) is 11.9 Å². The van der Waals surface area contributed by atoms with Crippen LogP contribution in [0.25, 0.3) is 28.4 Å². The molecule has 0 aliphatic heterocycles. The van der Waals surface area contributed by atoms with Gasteiger partial charge in [0.25, 0.3) is 11.5 Å². The predicted molar refractivity (Wildman–Crippen MR) is 128 cm³/mol. The quantitative estimate of drug-likeness (QED) is 0.369. The maximum Gasteiger partial charge on any atom is 0.263 e. The molecule has 0 aliphatic carbocycles. The molecule has 158 valence electrons. The molecule has 4 rings (SSSR count). The van der Waals surface area contributed by atoms with E-state index in [1.54, 1.807) is 31.2 Å². The lowest BCUT2D eigenvalue weighted by Gasteiger charge is -2.18. The Bertz CT molecular complexity index is 1340. The van der Waals surface area contributed by atoms with Gasteiger partial charge in [-0.3, -0.25) is 14.2 Å². The Morgan fingerprint density at radius 3 is 2.38 bits per heavy atom. The number of carbonyl (C=O) groups is 1. The van der Waals surface area contributed by atoms with Gasteiger partial charge in [-0.15, -0.1) is 0 Å². The molecule has 0 bridgehead atoms. The number of para-hydroxylation sites is 1. The SMILES string of the molecule is C[C@H](C(=O)N/N=C/C=C/c1ccccc1)n1c(-c2ccccc2)nc2ccccc2c1=O. The number of hydrazone groups is 1. The summed E-state index contributed by atoms with van der Waals surface area (Å²) in [6.45, 7) is 1.66. The fraction of sp³-hybridized carbons (Fsp3) is 0.0769. The normalized spacial score (nSPS) is 12.4. The molecule has 0 spiro atoms. The van der Waals surface area contributed by atoms with Crippen LogP contribution in [0.4, 0.5) is 0 Å². The van der Waals surface area contributed by atoms with E-state index in [0.717, 1.165) is 11.1 Å². The monoisotopic (exact) mass is 422 g/mol. The minimum Gasteiger partial charge on any atom is -0.280 e. The van der Waals surface area contributed by atoms with E-state index in [2.05, 4.69) is 15.5 Å². The van der Waals surface area contributed by atoms with Gasteiger partial charge in [0.15, 0.2) is 0 Å². The van der Waals surface area contributed by atoms with Crippen molar-refractivity contribution in [1.82, 2.24) is 15.0 Å². The maximum absolute atomic E-state index is 13.3. The van der Waals surface area contributed by atoms with Crippen molar-refractivity contribution in [3.63, 3.8) is 0 Å². The molecule has 0 unspecified atom stereocenters. The van der Waals surface area contributed by atoms with E-state index in [1.807, 2.05) is 72.8 Å². The second-order valence-corrected chi connectivity index (χ2v) is 7.19. The lowest BCUT2D eigenvalue weighted by molar-refractivity contribution is -0.123. The van der Waals surface area contributed by atoms with Crippen LogP contribution < -0.4 is 11.0 Å². The molecule has 0 fully saturated rings. The minimum absolute atomic E-state index is 0.273. The lowest BCUT2D eigenvalue weighted by Crippen LogP contribution is -2.35. The molecular weight excluding hydrogens is 400 g/mol. The largest absolute Gasteiger partial charge is 0.280 e. The van der Waals surface area contributed by atoms with Gasteiger partial charge < -0.3 is 0 Å². The fourth-order valence-corrected chi connectivity index (χ4v) is 3.37. The molecule has 0 radical (unpaired) electrons. The van der Waals surface area contributed by atoms with Gasteiger partial charge >= 0.3 is 0 Å². The number of rotatable bonds is 6. The summed E-state index contributed by atoms with van der Waals surface area (Å²) in [4.78, 5) is 30.8. The van der Waals surface area contributed by atoms with E-state index in [1.165, 1.54) is 10.8 Å². The molecule has 0 aliphatic rings. The van der Waals surface area contributed by atoms with E-state index < -0.39 is 11.9 Å². The number of allylic oxidation sites excluding steroid dienone is 1. The Morgan fingerprint density at radius 2 is 1.62 bits per heavy atom. The Balaban J connectivity index is 1.62. The predicted octanol–water partition coefficient (Wildman–Crippen LogP) is 4.44. The summed E-state index contributed by atoms with van der Waals surface area (Å²) in [5, 5.41) is 4.44. The zero-order valence-electron chi connectivity index (χ0n) is 17.6. The first-order valence-electron chi connectivity index (χ1n) is 10.3. The van der Waals surface area contributed by atoms with Crippen LogP contribution in [0.5, 0.6) is 0 Å². The first kappa shape index (κ1) is 20.9. The number of carbonyl (C=O) groups excluding carboxylic acids is 1. The number of benzene rings is 3. The third kappa shape index (κ3) is 4.54. The molecule has 1 amide bonds. The molecule has 1 aromatic heterocycles. The van der Waals surface area contributed by atoms with Crippen LogP contribution in [0.3, 0.4) is 0 Å². The van der Waals surface area contributed by atoms with E-state index in [-0.39, 0.29) is 5.56 Å². The van der Waals surface area contributed by atoms with Crippen molar-refractivity contribution in [2.75, 3.05) is 0 Å². The Morgan fingerprint density at radius 1 is 0.969 bits per heavy atom. The molecule has 3 aromatic carbocycles. The molecule has 0 saturated heterocycles. The number of hydrogen-bond donors (Lipinski definition) is 1. The molecule has 32 heavy (non-hydrogen) atoms. The van der Waals surface area contributed by atoms with Crippen molar-refractivity contribution in [3.8, 4) is 11.4 Å². The second kappa shape index (κ2) is 9.66. The van der Waals surface area contributed by atoms with Crippen molar-refractivity contribution in [2.24, 2.45) is 5.10 Å². The Labute approximate surface area is 185 Å². The lowest BCUT2D eigenvalue weighted by atomic mass is 10.1. The second-order valence-electron chi connectivity index (χ2n) is 7.19. The van der Waals surface area contributed by atoms with Crippen molar-refractivity contribution >= 4 is 29.1 Å². The highest BCUT2D eigenvalue weighted by molar-refractivity contribution is 5.85. The van der Waals surface area contributed by atoms with Crippen LogP contribution in [-0.4, -0.2) is 21.7 Å². The number of amides is 1. The van der Waals surface area contributed by atoms with Gasteiger partial charge in [-0.25, -0.2) is 10.4 Å². The first-order valence-corrected chi connectivity index (χ1v) is 10.3. The summed E-state index contributed by atoms with van der Waals surface area (Å²) < 4.78 is 1.42. The van der Waals surface area contributed by atoms with Gasteiger partial charge in [0, 0.05) is 11.8 Å². The van der Waals surface area contributed by atoms with Crippen LogP contribution >= 0.6 is 0 Å². The molecule has 1 heterocycles. The average molecular weight is 422 g/mol. The van der Waals surface area contributed by atoms with Crippen LogP contribution in [0.2, 0.25) is 0 Å². The number of hydrogen-bond acceptors (Lipinski definition) is 4. The highest BCUT2D eigenvalue weighted by Crippen LogP contribution is 2.21. The van der Waals surface area contributed by atoms with Crippen LogP contribution in [0, 0.1) is 0 Å². The minimum atomic E-state index is -0.815. The molecule has 1 atom stereocenters. The summed E-state index contributed by atoms with van der Waals surface area (Å²) in [7, 11) is 0. The fourth-order valence-electron chi connectivity index (χ4n) is 3.37. The summed E-state index contributed by atoms with van der Waals surface area (Å²) in [6, 6.07) is 25.4. The molecule has 6 nitrogen and oxygen atoms in total. The van der Waals surface area contributed by atoms with Gasteiger partial charge in [0.2, 0.25) is 0 Å². The van der Waals surface area contributed by atoms with Crippen molar-refractivity contribution in [2.45, 2.75) is 13.0 Å².